The predicted octanol–water partition coefficient (Wildman–Crippen LogP) is 3.10. The van der Waals surface area contributed by atoms with Gasteiger partial charge in [0.15, 0.2) is 0 Å². The number of benzene rings is 2. The molecule has 0 heterocycles. The molecule has 0 bridgehead atoms. The predicted molar refractivity (Wildman–Crippen MR) is 94.4 cm³/mol. The summed E-state index contributed by atoms with van der Waals surface area (Å²) in [5, 5.41) is 2.80. The summed E-state index contributed by atoms with van der Waals surface area (Å²) in [7, 11) is 1.60. The number of primary amides is 1. The van der Waals surface area contributed by atoms with Gasteiger partial charge in [-0.1, -0.05) is 26.0 Å². The summed E-state index contributed by atoms with van der Waals surface area (Å²) in [6, 6.07) is 12.4. The zero-order valence-electron chi connectivity index (χ0n) is 14.1. The average Bonchev–Trinajstić information content (AvgIpc) is 2.55. The SMILES string of the molecule is COc1cc(C(C)C)ccc1CC(=O)Nc1ccc(C(N)=O)cc1. The van der Waals surface area contributed by atoms with Crippen LogP contribution in [0.5, 0.6) is 5.75 Å². The van der Waals surface area contributed by atoms with Crippen LogP contribution in [-0.4, -0.2) is 18.9 Å². The quantitative estimate of drug-likeness (QED) is 0.856. The summed E-state index contributed by atoms with van der Waals surface area (Å²) < 4.78 is 5.40. The van der Waals surface area contributed by atoms with Gasteiger partial charge in [-0.15, -0.1) is 0 Å². The van der Waals surface area contributed by atoms with Gasteiger partial charge >= 0.3 is 0 Å². The molecule has 0 atom stereocenters. The number of amides is 2. The van der Waals surface area contributed by atoms with Crippen LogP contribution in [0.15, 0.2) is 42.5 Å². The molecule has 0 saturated heterocycles. The second-order valence-corrected chi connectivity index (χ2v) is 5.89. The molecule has 0 aliphatic carbocycles. The van der Waals surface area contributed by atoms with Gasteiger partial charge in [0.05, 0.1) is 13.5 Å². The number of hydrogen-bond acceptors (Lipinski definition) is 3. The fourth-order valence-electron chi connectivity index (χ4n) is 2.36. The molecule has 0 spiro atoms. The Labute approximate surface area is 141 Å². The van der Waals surface area contributed by atoms with Crippen LogP contribution in [0, 0.1) is 0 Å². The highest BCUT2D eigenvalue weighted by atomic mass is 16.5. The van der Waals surface area contributed by atoms with Crippen molar-refractivity contribution in [2.24, 2.45) is 5.73 Å². The van der Waals surface area contributed by atoms with Crippen molar-refractivity contribution < 1.29 is 14.3 Å². The smallest absolute Gasteiger partial charge is 0.248 e. The van der Waals surface area contributed by atoms with Crippen LogP contribution in [0.1, 0.15) is 41.3 Å². The van der Waals surface area contributed by atoms with E-state index >= 15 is 0 Å². The van der Waals surface area contributed by atoms with Crippen LogP contribution in [0.25, 0.3) is 0 Å². The van der Waals surface area contributed by atoms with Gasteiger partial charge in [-0.05, 0) is 41.8 Å². The van der Waals surface area contributed by atoms with Crippen molar-refractivity contribution in [3.63, 3.8) is 0 Å². The lowest BCUT2D eigenvalue weighted by atomic mass is 9.99. The Morgan fingerprint density at radius 2 is 1.79 bits per heavy atom. The molecule has 3 N–H and O–H groups in total. The lowest BCUT2D eigenvalue weighted by molar-refractivity contribution is -0.115. The van der Waals surface area contributed by atoms with E-state index in [9.17, 15) is 9.59 Å². The molecule has 2 amide bonds. The molecule has 126 valence electrons. The van der Waals surface area contributed by atoms with Gasteiger partial charge in [-0.25, -0.2) is 0 Å². The summed E-state index contributed by atoms with van der Waals surface area (Å²) in [4.78, 5) is 23.3. The monoisotopic (exact) mass is 326 g/mol. The summed E-state index contributed by atoms with van der Waals surface area (Å²) >= 11 is 0. The lowest BCUT2D eigenvalue weighted by Crippen LogP contribution is -2.15. The van der Waals surface area contributed by atoms with Crippen LogP contribution in [0.2, 0.25) is 0 Å². The number of methoxy groups -OCH3 is 1. The normalized spacial score (nSPS) is 10.5. The van der Waals surface area contributed by atoms with Crippen molar-refractivity contribution in [2.75, 3.05) is 12.4 Å². The molecule has 2 rings (SSSR count). The van der Waals surface area contributed by atoms with Crippen molar-refractivity contribution in [1.82, 2.24) is 0 Å². The van der Waals surface area contributed by atoms with E-state index in [1.165, 1.54) is 0 Å². The Kier molecular flexibility index (Phi) is 5.58. The minimum absolute atomic E-state index is 0.155. The number of carbonyl (C=O) groups excluding carboxylic acids is 2. The van der Waals surface area contributed by atoms with E-state index in [1.54, 1.807) is 31.4 Å². The third-order valence-corrected chi connectivity index (χ3v) is 3.78. The molecule has 24 heavy (non-hydrogen) atoms. The van der Waals surface area contributed by atoms with E-state index in [4.69, 9.17) is 10.5 Å². The molecule has 0 unspecified atom stereocenters. The maximum Gasteiger partial charge on any atom is 0.248 e. The first-order valence-electron chi connectivity index (χ1n) is 7.77. The molecular formula is C19H22N2O3. The molecular weight excluding hydrogens is 304 g/mol. The number of carbonyl (C=O) groups is 2. The van der Waals surface area contributed by atoms with Crippen molar-refractivity contribution in [1.29, 1.82) is 0 Å². The Morgan fingerprint density at radius 1 is 1.12 bits per heavy atom. The summed E-state index contributed by atoms with van der Waals surface area (Å²) in [6.07, 6.45) is 0.207. The van der Waals surface area contributed by atoms with Crippen molar-refractivity contribution in [3.8, 4) is 5.75 Å². The zero-order chi connectivity index (χ0) is 17.7. The average molecular weight is 326 g/mol. The largest absolute Gasteiger partial charge is 0.496 e. The van der Waals surface area contributed by atoms with Crippen molar-refractivity contribution in [2.45, 2.75) is 26.2 Å². The third kappa shape index (κ3) is 4.35. The number of ether oxygens (including phenoxy) is 1. The van der Waals surface area contributed by atoms with E-state index in [0.29, 0.717) is 22.9 Å². The Morgan fingerprint density at radius 3 is 2.33 bits per heavy atom. The molecule has 0 saturated carbocycles. The van der Waals surface area contributed by atoms with Gasteiger partial charge in [0.1, 0.15) is 5.75 Å². The topological polar surface area (TPSA) is 81.4 Å². The Hall–Kier alpha value is -2.82. The molecule has 5 heteroatoms. The molecule has 2 aromatic rings. The fourth-order valence-corrected chi connectivity index (χ4v) is 2.36. The maximum atomic E-state index is 12.2. The molecule has 0 fully saturated rings. The zero-order valence-corrected chi connectivity index (χ0v) is 14.1. The Bertz CT molecular complexity index is 737. The van der Waals surface area contributed by atoms with E-state index in [0.717, 1.165) is 11.1 Å². The maximum absolute atomic E-state index is 12.2. The first-order valence-corrected chi connectivity index (χ1v) is 7.77. The number of nitrogens with two attached hydrogens (primary N) is 1. The van der Waals surface area contributed by atoms with Gasteiger partial charge in [0.2, 0.25) is 11.8 Å². The van der Waals surface area contributed by atoms with Crippen LogP contribution < -0.4 is 15.8 Å². The van der Waals surface area contributed by atoms with E-state index < -0.39 is 5.91 Å². The van der Waals surface area contributed by atoms with Crippen LogP contribution >= 0.6 is 0 Å². The first kappa shape index (κ1) is 17.5. The van der Waals surface area contributed by atoms with E-state index in [2.05, 4.69) is 19.2 Å². The van der Waals surface area contributed by atoms with Gasteiger partial charge in [-0.2, -0.15) is 0 Å². The third-order valence-electron chi connectivity index (χ3n) is 3.78. The number of rotatable bonds is 6. The second-order valence-electron chi connectivity index (χ2n) is 5.89. The number of nitrogens with one attached hydrogen (secondary N) is 1. The highest BCUT2D eigenvalue weighted by Crippen LogP contribution is 2.25. The minimum atomic E-state index is -0.497. The molecule has 0 radical (unpaired) electrons. The van der Waals surface area contributed by atoms with Crippen LogP contribution in [0.4, 0.5) is 5.69 Å². The molecule has 0 aliphatic heterocycles. The molecule has 0 aromatic heterocycles. The number of hydrogen-bond donors (Lipinski definition) is 2. The Balaban J connectivity index is 2.07. The highest BCUT2D eigenvalue weighted by molar-refractivity contribution is 5.95. The second kappa shape index (κ2) is 7.64. The molecule has 2 aromatic carbocycles. The van der Waals surface area contributed by atoms with Gasteiger partial charge in [0.25, 0.3) is 0 Å². The summed E-state index contributed by atoms with van der Waals surface area (Å²) in [6.45, 7) is 4.22. The van der Waals surface area contributed by atoms with Crippen molar-refractivity contribution >= 4 is 17.5 Å². The van der Waals surface area contributed by atoms with Crippen LogP contribution in [-0.2, 0) is 11.2 Å². The highest BCUT2D eigenvalue weighted by Gasteiger charge is 2.11. The lowest BCUT2D eigenvalue weighted by Gasteiger charge is -2.13. The van der Waals surface area contributed by atoms with E-state index in [1.807, 2.05) is 18.2 Å². The van der Waals surface area contributed by atoms with Gasteiger partial charge in [0, 0.05) is 16.8 Å². The number of anilines is 1. The minimum Gasteiger partial charge on any atom is -0.496 e. The molecule has 5 nitrogen and oxygen atoms in total. The van der Waals surface area contributed by atoms with E-state index in [-0.39, 0.29) is 12.3 Å². The summed E-state index contributed by atoms with van der Waals surface area (Å²) in [5.41, 5.74) is 8.20. The summed E-state index contributed by atoms with van der Waals surface area (Å²) in [5.74, 6) is 0.450. The van der Waals surface area contributed by atoms with Gasteiger partial charge in [-0.3, -0.25) is 9.59 Å². The van der Waals surface area contributed by atoms with Crippen molar-refractivity contribution in [3.05, 3.63) is 59.2 Å². The van der Waals surface area contributed by atoms with Gasteiger partial charge < -0.3 is 15.8 Å². The van der Waals surface area contributed by atoms with Crippen LogP contribution in [0.3, 0.4) is 0 Å². The first-order chi connectivity index (χ1) is 11.4. The molecule has 0 aliphatic rings. The fraction of sp³-hybridized carbons (Fsp3) is 0.263. The standard InChI is InChI=1S/C19H22N2O3/c1-12(2)14-4-5-15(17(10-14)24-3)11-18(22)21-16-8-6-13(7-9-16)19(20)23/h4-10,12H,11H2,1-3H3,(H2,20,23)(H,21,22).